The van der Waals surface area contributed by atoms with Crippen LogP contribution in [0.25, 0.3) is 0 Å². The molecule has 0 heterocycles. The van der Waals surface area contributed by atoms with Crippen molar-refractivity contribution < 1.29 is 10.2 Å². The van der Waals surface area contributed by atoms with Gasteiger partial charge in [-0.3, -0.25) is 0 Å². The monoisotopic (exact) mass is 195 g/mol. The second kappa shape index (κ2) is 4.98. The van der Waals surface area contributed by atoms with E-state index in [1.165, 1.54) is 0 Å². The molecule has 0 saturated heterocycles. The second-order valence-electron chi connectivity index (χ2n) is 3.47. The van der Waals surface area contributed by atoms with Crippen molar-refractivity contribution in [3.8, 4) is 5.75 Å². The fourth-order valence-corrected chi connectivity index (χ4v) is 1.38. The molecule has 0 bridgehead atoms. The van der Waals surface area contributed by atoms with Crippen molar-refractivity contribution in [1.29, 1.82) is 0 Å². The molecular weight excluding hydrogens is 178 g/mol. The van der Waals surface area contributed by atoms with Crippen LogP contribution >= 0.6 is 0 Å². The van der Waals surface area contributed by atoms with Crippen molar-refractivity contribution in [2.24, 2.45) is 5.73 Å². The van der Waals surface area contributed by atoms with E-state index in [0.717, 1.165) is 5.56 Å². The molecule has 0 aliphatic carbocycles. The molecule has 0 fully saturated rings. The highest BCUT2D eigenvalue weighted by Gasteiger charge is 2.14. The van der Waals surface area contributed by atoms with Gasteiger partial charge in [0.25, 0.3) is 0 Å². The zero-order valence-corrected chi connectivity index (χ0v) is 8.35. The van der Waals surface area contributed by atoms with Gasteiger partial charge in [-0.05, 0) is 24.5 Å². The molecule has 2 unspecified atom stereocenters. The molecule has 0 aromatic heterocycles. The molecular formula is C11H17NO2. The third kappa shape index (κ3) is 2.72. The van der Waals surface area contributed by atoms with Gasteiger partial charge in [0.05, 0.1) is 6.10 Å². The van der Waals surface area contributed by atoms with Crippen LogP contribution in [0.3, 0.4) is 0 Å². The minimum Gasteiger partial charge on any atom is -0.508 e. The Bertz CT molecular complexity index is 288. The summed E-state index contributed by atoms with van der Waals surface area (Å²) in [4.78, 5) is 0. The average Bonchev–Trinajstić information content (AvgIpc) is 2.20. The number of rotatable bonds is 4. The van der Waals surface area contributed by atoms with Crippen molar-refractivity contribution >= 4 is 0 Å². The van der Waals surface area contributed by atoms with Crippen molar-refractivity contribution in [2.75, 3.05) is 0 Å². The topological polar surface area (TPSA) is 66.5 Å². The van der Waals surface area contributed by atoms with Gasteiger partial charge in [0.1, 0.15) is 5.75 Å². The zero-order chi connectivity index (χ0) is 10.6. The average molecular weight is 195 g/mol. The third-order valence-electron chi connectivity index (χ3n) is 2.36. The fourth-order valence-electron chi connectivity index (χ4n) is 1.38. The van der Waals surface area contributed by atoms with Gasteiger partial charge < -0.3 is 15.9 Å². The summed E-state index contributed by atoms with van der Waals surface area (Å²) in [5, 5.41) is 18.9. The van der Waals surface area contributed by atoms with E-state index in [0.29, 0.717) is 12.8 Å². The van der Waals surface area contributed by atoms with Crippen LogP contribution < -0.4 is 5.73 Å². The molecule has 0 spiro atoms. The Morgan fingerprint density at radius 2 is 2.00 bits per heavy atom. The van der Waals surface area contributed by atoms with Gasteiger partial charge in [-0.2, -0.15) is 0 Å². The summed E-state index contributed by atoms with van der Waals surface area (Å²) >= 11 is 0. The normalized spacial score (nSPS) is 15.1. The maximum atomic E-state index is 9.48. The molecule has 2 atom stereocenters. The maximum Gasteiger partial charge on any atom is 0.118 e. The summed E-state index contributed by atoms with van der Waals surface area (Å²) in [5.74, 6) is 0.242. The van der Waals surface area contributed by atoms with Crippen LogP contribution in [0.4, 0.5) is 0 Å². The van der Waals surface area contributed by atoms with Gasteiger partial charge in [0.15, 0.2) is 0 Å². The Kier molecular flexibility index (Phi) is 3.92. The van der Waals surface area contributed by atoms with Gasteiger partial charge in [0.2, 0.25) is 0 Å². The summed E-state index contributed by atoms with van der Waals surface area (Å²) in [7, 11) is 0. The zero-order valence-electron chi connectivity index (χ0n) is 8.35. The summed E-state index contributed by atoms with van der Waals surface area (Å²) < 4.78 is 0. The predicted octanol–water partition coefficient (Wildman–Crippen LogP) is 1.03. The number of para-hydroxylation sites is 1. The van der Waals surface area contributed by atoms with Crippen molar-refractivity contribution in [3.63, 3.8) is 0 Å². The Labute approximate surface area is 84.2 Å². The van der Waals surface area contributed by atoms with Gasteiger partial charge >= 0.3 is 0 Å². The third-order valence-corrected chi connectivity index (χ3v) is 2.36. The molecule has 1 aromatic carbocycles. The van der Waals surface area contributed by atoms with E-state index in [4.69, 9.17) is 5.73 Å². The van der Waals surface area contributed by atoms with Crippen LogP contribution in [-0.4, -0.2) is 22.4 Å². The lowest BCUT2D eigenvalue weighted by Crippen LogP contribution is -2.36. The van der Waals surface area contributed by atoms with E-state index < -0.39 is 6.10 Å². The first-order valence-electron chi connectivity index (χ1n) is 4.85. The highest BCUT2D eigenvalue weighted by atomic mass is 16.3. The Balaban J connectivity index is 2.64. The number of aliphatic hydroxyl groups is 1. The molecule has 1 aromatic rings. The Morgan fingerprint density at radius 3 is 2.57 bits per heavy atom. The molecule has 4 N–H and O–H groups in total. The highest BCUT2D eigenvalue weighted by molar-refractivity contribution is 5.32. The summed E-state index contributed by atoms with van der Waals surface area (Å²) in [6, 6.07) is 6.74. The first-order chi connectivity index (χ1) is 6.65. The molecule has 3 nitrogen and oxygen atoms in total. The molecule has 78 valence electrons. The second-order valence-corrected chi connectivity index (χ2v) is 3.47. The van der Waals surface area contributed by atoms with E-state index >= 15 is 0 Å². The number of phenolic OH excluding ortho intramolecular Hbond substituents is 1. The number of aliphatic hydroxyl groups excluding tert-OH is 1. The Hall–Kier alpha value is -1.06. The molecule has 0 aliphatic heterocycles. The minimum absolute atomic E-state index is 0.242. The van der Waals surface area contributed by atoms with Crippen LogP contribution in [0.1, 0.15) is 18.9 Å². The highest BCUT2D eigenvalue weighted by Crippen LogP contribution is 2.17. The quantitative estimate of drug-likeness (QED) is 0.672. The number of aromatic hydroxyl groups is 1. The standard InChI is InChI=1S/C11H17NO2/c1-2-10(13)9(12)7-8-5-3-4-6-11(8)14/h3-6,9-10,13-14H,2,7,12H2,1H3. The number of nitrogens with two attached hydrogens (primary N) is 1. The van der Waals surface area contributed by atoms with Crippen molar-refractivity contribution in [2.45, 2.75) is 31.9 Å². The lowest BCUT2D eigenvalue weighted by molar-refractivity contribution is 0.140. The van der Waals surface area contributed by atoms with Crippen molar-refractivity contribution in [1.82, 2.24) is 0 Å². The Morgan fingerprint density at radius 1 is 1.36 bits per heavy atom. The molecule has 0 saturated carbocycles. The van der Waals surface area contributed by atoms with E-state index in [-0.39, 0.29) is 11.8 Å². The number of benzene rings is 1. The molecule has 0 aliphatic rings. The van der Waals surface area contributed by atoms with Crippen LogP contribution in [0.15, 0.2) is 24.3 Å². The van der Waals surface area contributed by atoms with Crippen molar-refractivity contribution in [3.05, 3.63) is 29.8 Å². The SMILES string of the molecule is CCC(O)C(N)Cc1ccccc1O. The number of hydrogen-bond donors (Lipinski definition) is 3. The van der Waals surface area contributed by atoms with Gasteiger partial charge in [-0.25, -0.2) is 0 Å². The van der Waals surface area contributed by atoms with E-state index in [1.54, 1.807) is 12.1 Å². The van der Waals surface area contributed by atoms with Crippen LogP contribution in [-0.2, 0) is 6.42 Å². The molecule has 3 heteroatoms. The van der Waals surface area contributed by atoms with Crippen LogP contribution in [0.5, 0.6) is 5.75 Å². The lowest BCUT2D eigenvalue weighted by atomic mass is 10.00. The summed E-state index contributed by atoms with van der Waals surface area (Å²) in [6.07, 6.45) is 0.630. The largest absolute Gasteiger partial charge is 0.508 e. The van der Waals surface area contributed by atoms with Gasteiger partial charge in [-0.1, -0.05) is 25.1 Å². The maximum absolute atomic E-state index is 9.48. The lowest BCUT2D eigenvalue weighted by Gasteiger charge is -2.17. The van der Waals surface area contributed by atoms with E-state index in [1.807, 2.05) is 19.1 Å². The van der Waals surface area contributed by atoms with Gasteiger partial charge in [-0.15, -0.1) is 0 Å². The first kappa shape index (κ1) is 11.0. The summed E-state index contributed by atoms with van der Waals surface area (Å²) in [6.45, 7) is 1.88. The van der Waals surface area contributed by atoms with Crippen LogP contribution in [0.2, 0.25) is 0 Å². The molecule has 14 heavy (non-hydrogen) atoms. The molecule has 0 amide bonds. The smallest absolute Gasteiger partial charge is 0.118 e. The molecule has 1 rings (SSSR count). The molecule has 0 radical (unpaired) electrons. The fraction of sp³-hybridized carbons (Fsp3) is 0.455. The first-order valence-corrected chi connectivity index (χ1v) is 4.85. The number of hydrogen-bond acceptors (Lipinski definition) is 3. The summed E-state index contributed by atoms with van der Waals surface area (Å²) in [5.41, 5.74) is 6.55. The van der Waals surface area contributed by atoms with E-state index in [2.05, 4.69) is 0 Å². The van der Waals surface area contributed by atoms with E-state index in [9.17, 15) is 10.2 Å². The minimum atomic E-state index is -0.505. The predicted molar refractivity (Wildman–Crippen MR) is 56.1 cm³/mol. The number of phenols is 1. The van der Waals surface area contributed by atoms with Gasteiger partial charge in [0, 0.05) is 6.04 Å². The van der Waals surface area contributed by atoms with Crippen LogP contribution in [0, 0.1) is 0 Å².